The Labute approximate surface area is 116 Å². The predicted octanol–water partition coefficient (Wildman–Crippen LogP) is 3.73. The lowest BCUT2D eigenvalue weighted by Gasteiger charge is -2.04. The Hall–Kier alpha value is -1.36. The van der Waals surface area contributed by atoms with Crippen LogP contribution in [0.4, 0.5) is 0 Å². The van der Waals surface area contributed by atoms with E-state index in [1.165, 1.54) is 15.7 Å². The van der Waals surface area contributed by atoms with Crippen LogP contribution < -0.4 is 5.56 Å². The standard InChI is InChI=1S/C12H6Cl2N2OS/c13-8-3-1-7(2-4-8)9-10(14)18-12-15-5-6-16(12)11(9)17/h1-6H. The molecule has 0 atom stereocenters. The number of rotatable bonds is 1. The summed E-state index contributed by atoms with van der Waals surface area (Å²) in [4.78, 5) is 17.0. The number of fused-ring (bicyclic) bond motifs is 1. The van der Waals surface area contributed by atoms with Crippen molar-refractivity contribution in [2.24, 2.45) is 0 Å². The zero-order valence-corrected chi connectivity index (χ0v) is 11.3. The largest absolute Gasteiger partial charge is 0.268 e. The molecule has 3 nitrogen and oxygen atoms in total. The molecule has 0 saturated carbocycles. The first kappa shape index (κ1) is 11.7. The molecule has 90 valence electrons. The summed E-state index contributed by atoms with van der Waals surface area (Å²) in [6.07, 6.45) is 3.21. The molecule has 0 spiro atoms. The minimum Gasteiger partial charge on any atom is -0.268 e. The highest BCUT2D eigenvalue weighted by Crippen LogP contribution is 2.30. The van der Waals surface area contributed by atoms with E-state index in [9.17, 15) is 4.79 Å². The first-order valence-corrected chi connectivity index (χ1v) is 6.65. The Morgan fingerprint density at radius 3 is 2.61 bits per heavy atom. The third-order valence-corrected chi connectivity index (χ3v) is 4.09. The quantitative estimate of drug-likeness (QED) is 0.686. The number of imidazole rings is 1. The Morgan fingerprint density at radius 1 is 1.17 bits per heavy atom. The summed E-state index contributed by atoms with van der Waals surface area (Å²) >= 11 is 13.3. The average Bonchev–Trinajstić information content (AvgIpc) is 2.80. The molecule has 0 unspecified atom stereocenters. The van der Waals surface area contributed by atoms with Gasteiger partial charge in [0.15, 0.2) is 4.96 Å². The van der Waals surface area contributed by atoms with Crippen molar-refractivity contribution in [3.8, 4) is 11.1 Å². The average molecular weight is 297 g/mol. The summed E-state index contributed by atoms with van der Waals surface area (Å²) < 4.78 is 1.92. The van der Waals surface area contributed by atoms with Crippen LogP contribution in [0.3, 0.4) is 0 Å². The second-order valence-electron chi connectivity index (χ2n) is 3.64. The van der Waals surface area contributed by atoms with Crippen molar-refractivity contribution < 1.29 is 0 Å². The molecule has 0 fully saturated rings. The summed E-state index contributed by atoms with van der Waals surface area (Å²) in [6, 6.07) is 7.02. The minimum atomic E-state index is -0.173. The van der Waals surface area contributed by atoms with Crippen LogP contribution in [0.25, 0.3) is 16.1 Å². The first-order valence-electron chi connectivity index (χ1n) is 5.08. The zero-order valence-electron chi connectivity index (χ0n) is 8.93. The normalized spacial score (nSPS) is 11.0. The molecule has 0 radical (unpaired) electrons. The van der Waals surface area contributed by atoms with E-state index in [4.69, 9.17) is 23.2 Å². The van der Waals surface area contributed by atoms with Gasteiger partial charge in [0.25, 0.3) is 5.56 Å². The van der Waals surface area contributed by atoms with E-state index in [0.29, 0.717) is 19.9 Å². The molecule has 2 heterocycles. The lowest BCUT2D eigenvalue weighted by Crippen LogP contribution is -2.13. The maximum Gasteiger partial charge on any atom is 0.267 e. The molecule has 0 aliphatic carbocycles. The van der Waals surface area contributed by atoms with Crippen molar-refractivity contribution in [3.63, 3.8) is 0 Å². The summed E-state index contributed by atoms with van der Waals surface area (Å²) in [5.74, 6) is 0. The molecule has 0 bridgehead atoms. The number of nitrogens with zero attached hydrogens (tertiary/aromatic N) is 2. The maximum absolute atomic E-state index is 12.3. The molecule has 1 aromatic carbocycles. The Bertz CT molecular complexity index is 777. The summed E-state index contributed by atoms with van der Waals surface area (Å²) in [6.45, 7) is 0. The second kappa shape index (κ2) is 4.39. The summed E-state index contributed by atoms with van der Waals surface area (Å²) in [5, 5.41) is 0.620. The van der Waals surface area contributed by atoms with Crippen molar-refractivity contribution in [1.29, 1.82) is 0 Å². The van der Waals surface area contributed by atoms with Crippen molar-refractivity contribution >= 4 is 39.5 Å². The number of benzene rings is 1. The first-order chi connectivity index (χ1) is 8.66. The van der Waals surface area contributed by atoms with E-state index >= 15 is 0 Å². The van der Waals surface area contributed by atoms with Gasteiger partial charge in [-0.15, -0.1) is 0 Å². The van der Waals surface area contributed by atoms with E-state index in [1.54, 1.807) is 36.7 Å². The SMILES string of the molecule is O=c1c(-c2ccc(Cl)cc2)c(Cl)sc2nccn12. The highest BCUT2D eigenvalue weighted by molar-refractivity contribution is 7.20. The fraction of sp³-hybridized carbons (Fsp3) is 0. The van der Waals surface area contributed by atoms with Gasteiger partial charge in [-0.2, -0.15) is 0 Å². The summed E-state index contributed by atoms with van der Waals surface area (Å²) in [7, 11) is 0. The fourth-order valence-corrected chi connectivity index (χ4v) is 3.06. The van der Waals surface area contributed by atoms with Gasteiger partial charge in [-0.05, 0) is 17.7 Å². The van der Waals surface area contributed by atoms with Gasteiger partial charge in [0, 0.05) is 17.4 Å². The molecule has 3 aromatic rings. The van der Waals surface area contributed by atoms with Crippen LogP contribution in [0.5, 0.6) is 0 Å². The smallest absolute Gasteiger partial charge is 0.267 e. The number of hydrogen-bond donors (Lipinski definition) is 0. The third-order valence-electron chi connectivity index (χ3n) is 2.55. The van der Waals surface area contributed by atoms with Crippen LogP contribution >= 0.6 is 34.5 Å². The number of halogens is 2. The van der Waals surface area contributed by atoms with Crippen LogP contribution in [-0.4, -0.2) is 9.38 Å². The van der Waals surface area contributed by atoms with E-state index in [1.807, 2.05) is 0 Å². The zero-order chi connectivity index (χ0) is 12.7. The molecule has 0 N–H and O–H groups in total. The van der Waals surface area contributed by atoms with Crippen LogP contribution in [0.15, 0.2) is 41.5 Å². The molecular weight excluding hydrogens is 291 g/mol. The monoisotopic (exact) mass is 296 g/mol. The molecule has 6 heteroatoms. The molecule has 0 aliphatic rings. The lowest BCUT2D eigenvalue weighted by molar-refractivity contribution is 1.14. The van der Waals surface area contributed by atoms with Crippen molar-refractivity contribution in [3.05, 3.63) is 56.4 Å². The van der Waals surface area contributed by atoms with Gasteiger partial charge in [-0.3, -0.25) is 9.20 Å². The Kier molecular flexibility index (Phi) is 2.86. The van der Waals surface area contributed by atoms with Crippen molar-refractivity contribution in [1.82, 2.24) is 9.38 Å². The lowest BCUT2D eigenvalue weighted by atomic mass is 10.1. The molecular formula is C12H6Cl2N2OS. The van der Waals surface area contributed by atoms with Crippen LogP contribution in [-0.2, 0) is 0 Å². The molecule has 0 aliphatic heterocycles. The van der Waals surface area contributed by atoms with Gasteiger partial charge < -0.3 is 0 Å². The maximum atomic E-state index is 12.3. The summed E-state index contributed by atoms with van der Waals surface area (Å²) in [5.41, 5.74) is 1.05. The van der Waals surface area contributed by atoms with Crippen molar-refractivity contribution in [2.75, 3.05) is 0 Å². The van der Waals surface area contributed by atoms with Crippen LogP contribution in [0, 0.1) is 0 Å². The highest BCUT2D eigenvalue weighted by Gasteiger charge is 2.13. The fourth-order valence-electron chi connectivity index (χ4n) is 1.71. The Balaban J connectivity index is 2.34. The topological polar surface area (TPSA) is 34.4 Å². The van der Waals surface area contributed by atoms with Crippen LogP contribution in [0.1, 0.15) is 0 Å². The van der Waals surface area contributed by atoms with Gasteiger partial charge in [0.2, 0.25) is 0 Å². The molecule has 0 amide bonds. The van der Waals surface area contributed by atoms with Gasteiger partial charge in [0.1, 0.15) is 4.34 Å². The van der Waals surface area contributed by atoms with E-state index in [2.05, 4.69) is 4.98 Å². The predicted molar refractivity (Wildman–Crippen MR) is 74.8 cm³/mol. The highest BCUT2D eigenvalue weighted by atomic mass is 35.5. The molecule has 2 aromatic heterocycles. The number of aromatic nitrogens is 2. The van der Waals surface area contributed by atoms with Crippen LogP contribution in [0.2, 0.25) is 9.36 Å². The van der Waals surface area contributed by atoms with Gasteiger partial charge in [0.05, 0.1) is 5.56 Å². The Morgan fingerprint density at radius 2 is 1.89 bits per heavy atom. The van der Waals surface area contributed by atoms with Gasteiger partial charge in [-0.1, -0.05) is 46.7 Å². The third kappa shape index (κ3) is 1.82. The van der Waals surface area contributed by atoms with Gasteiger partial charge in [-0.25, -0.2) is 4.98 Å². The molecule has 18 heavy (non-hydrogen) atoms. The molecule has 3 rings (SSSR count). The molecule has 0 saturated heterocycles. The second-order valence-corrected chi connectivity index (χ2v) is 5.66. The minimum absolute atomic E-state index is 0.173. The van der Waals surface area contributed by atoms with Crippen molar-refractivity contribution in [2.45, 2.75) is 0 Å². The van der Waals surface area contributed by atoms with E-state index in [-0.39, 0.29) is 5.56 Å². The van der Waals surface area contributed by atoms with E-state index < -0.39 is 0 Å². The number of hydrogen-bond acceptors (Lipinski definition) is 3. The van der Waals surface area contributed by atoms with E-state index in [0.717, 1.165) is 5.56 Å². The van der Waals surface area contributed by atoms with Gasteiger partial charge >= 0.3 is 0 Å².